The monoisotopic (exact) mass is 424 g/mol. The van der Waals surface area contributed by atoms with E-state index in [0.29, 0.717) is 27.3 Å². The fourth-order valence-electron chi connectivity index (χ4n) is 3.29. The Hall–Kier alpha value is -3.07. The van der Waals surface area contributed by atoms with E-state index in [9.17, 15) is 4.79 Å². The summed E-state index contributed by atoms with van der Waals surface area (Å²) >= 11 is 1.29. The van der Waals surface area contributed by atoms with Crippen LogP contribution >= 0.6 is 11.3 Å². The first-order chi connectivity index (χ1) is 14.6. The molecular formula is C21H24N6O2S. The van der Waals surface area contributed by atoms with Gasteiger partial charge in [-0.3, -0.25) is 10.1 Å². The Labute approximate surface area is 179 Å². The standard InChI is InChI=1S/C21H24N6O2S/c1-14-17(13-22-20(23-14)27-11-7-4-8-12-27)18(28)24-21-26-25-19(30-21)15(2)29-16-9-5-3-6-10-16/h3,5-6,9-10,13,15H,4,7-8,11-12H2,1-2H3,(H,24,26,28). The van der Waals surface area contributed by atoms with Gasteiger partial charge in [0.05, 0.1) is 11.3 Å². The quantitative estimate of drug-likeness (QED) is 0.639. The number of aromatic nitrogens is 4. The fourth-order valence-corrected chi connectivity index (χ4v) is 4.01. The van der Waals surface area contributed by atoms with Gasteiger partial charge in [0.2, 0.25) is 11.1 Å². The zero-order valence-electron chi connectivity index (χ0n) is 17.0. The molecule has 1 atom stereocenters. The summed E-state index contributed by atoms with van der Waals surface area (Å²) in [5.41, 5.74) is 1.08. The first kappa shape index (κ1) is 20.2. The van der Waals surface area contributed by atoms with Gasteiger partial charge in [-0.05, 0) is 45.2 Å². The minimum Gasteiger partial charge on any atom is -0.483 e. The number of piperidine rings is 1. The Bertz CT molecular complexity index is 1000. The topological polar surface area (TPSA) is 93.1 Å². The van der Waals surface area contributed by atoms with Gasteiger partial charge in [0.15, 0.2) is 5.01 Å². The highest BCUT2D eigenvalue weighted by Gasteiger charge is 2.19. The van der Waals surface area contributed by atoms with Gasteiger partial charge < -0.3 is 9.64 Å². The van der Waals surface area contributed by atoms with Gasteiger partial charge in [0, 0.05) is 19.3 Å². The Kier molecular flexibility index (Phi) is 6.18. The summed E-state index contributed by atoms with van der Waals surface area (Å²) in [6.07, 6.45) is 4.86. The van der Waals surface area contributed by atoms with E-state index in [1.807, 2.05) is 44.2 Å². The average Bonchev–Trinajstić information content (AvgIpc) is 3.23. The van der Waals surface area contributed by atoms with E-state index in [1.54, 1.807) is 6.20 Å². The van der Waals surface area contributed by atoms with Crippen LogP contribution in [0.25, 0.3) is 0 Å². The van der Waals surface area contributed by atoms with Gasteiger partial charge in [-0.25, -0.2) is 9.97 Å². The second kappa shape index (κ2) is 9.17. The van der Waals surface area contributed by atoms with Crippen molar-refractivity contribution in [1.29, 1.82) is 0 Å². The molecule has 1 aliphatic heterocycles. The Morgan fingerprint density at radius 3 is 2.67 bits per heavy atom. The summed E-state index contributed by atoms with van der Waals surface area (Å²) in [7, 11) is 0. The number of rotatable bonds is 6. The summed E-state index contributed by atoms with van der Waals surface area (Å²) < 4.78 is 5.86. The van der Waals surface area contributed by atoms with E-state index in [4.69, 9.17) is 4.74 Å². The van der Waals surface area contributed by atoms with Gasteiger partial charge in [-0.2, -0.15) is 0 Å². The molecule has 2 aromatic heterocycles. The third-order valence-corrected chi connectivity index (χ3v) is 5.91. The summed E-state index contributed by atoms with van der Waals surface area (Å²) in [5, 5.41) is 12.1. The Balaban J connectivity index is 1.40. The van der Waals surface area contributed by atoms with Gasteiger partial charge in [-0.1, -0.05) is 29.5 Å². The number of benzene rings is 1. The average molecular weight is 425 g/mol. The van der Waals surface area contributed by atoms with Crippen molar-refractivity contribution in [2.24, 2.45) is 0 Å². The maximum absolute atomic E-state index is 12.7. The molecule has 1 saturated heterocycles. The number of hydrogen-bond acceptors (Lipinski definition) is 8. The van der Waals surface area contributed by atoms with Crippen LogP contribution in [0.15, 0.2) is 36.5 Å². The molecule has 0 bridgehead atoms. The summed E-state index contributed by atoms with van der Waals surface area (Å²) in [6, 6.07) is 9.53. The van der Waals surface area contributed by atoms with Crippen LogP contribution in [-0.2, 0) is 0 Å². The Morgan fingerprint density at radius 1 is 1.17 bits per heavy atom. The van der Waals surface area contributed by atoms with Crippen LogP contribution in [0.3, 0.4) is 0 Å². The smallest absolute Gasteiger partial charge is 0.260 e. The first-order valence-electron chi connectivity index (χ1n) is 10.0. The number of nitrogens with zero attached hydrogens (tertiary/aromatic N) is 5. The van der Waals surface area contributed by atoms with Crippen LogP contribution in [-0.4, -0.2) is 39.2 Å². The van der Waals surface area contributed by atoms with Crippen molar-refractivity contribution in [1.82, 2.24) is 20.2 Å². The number of amides is 1. The van der Waals surface area contributed by atoms with Crippen LogP contribution in [0.5, 0.6) is 5.75 Å². The van der Waals surface area contributed by atoms with Crippen LogP contribution in [0, 0.1) is 6.92 Å². The fraction of sp³-hybridized carbons (Fsp3) is 0.381. The van der Waals surface area contributed by atoms with Crippen molar-refractivity contribution in [3.63, 3.8) is 0 Å². The van der Waals surface area contributed by atoms with Crippen molar-refractivity contribution in [2.45, 2.75) is 39.2 Å². The molecule has 30 heavy (non-hydrogen) atoms. The van der Waals surface area contributed by atoms with E-state index in [0.717, 1.165) is 31.7 Å². The predicted octanol–water partition coefficient (Wildman–Crippen LogP) is 4.02. The van der Waals surface area contributed by atoms with Crippen LogP contribution in [0.2, 0.25) is 0 Å². The van der Waals surface area contributed by atoms with Gasteiger partial charge in [0.25, 0.3) is 5.91 Å². The molecule has 1 aromatic carbocycles. The number of nitrogens with one attached hydrogen (secondary N) is 1. The zero-order valence-corrected chi connectivity index (χ0v) is 17.9. The highest BCUT2D eigenvalue weighted by molar-refractivity contribution is 7.15. The molecule has 0 saturated carbocycles. The molecule has 4 rings (SSSR count). The van der Waals surface area contributed by atoms with Crippen molar-refractivity contribution in [3.8, 4) is 5.75 Å². The van der Waals surface area contributed by atoms with Crippen molar-refractivity contribution >= 4 is 28.3 Å². The SMILES string of the molecule is Cc1nc(N2CCCCC2)ncc1C(=O)Nc1nnc(C(C)Oc2ccccc2)s1. The molecule has 0 aliphatic carbocycles. The lowest BCUT2D eigenvalue weighted by atomic mass is 10.1. The predicted molar refractivity (Wildman–Crippen MR) is 116 cm³/mol. The Morgan fingerprint density at radius 2 is 1.93 bits per heavy atom. The molecule has 1 N–H and O–H groups in total. The van der Waals surface area contributed by atoms with E-state index >= 15 is 0 Å². The van der Waals surface area contributed by atoms with Crippen molar-refractivity contribution < 1.29 is 9.53 Å². The van der Waals surface area contributed by atoms with Crippen molar-refractivity contribution in [3.05, 3.63) is 52.8 Å². The number of carbonyl (C=O) groups excluding carboxylic acids is 1. The van der Waals surface area contributed by atoms with Crippen LogP contribution in [0.1, 0.15) is 53.3 Å². The first-order valence-corrected chi connectivity index (χ1v) is 10.9. The lowest BCUT2D eigenvalue weighted by Crippen LogP contribution is -2.31. The molecule has 1 aliphatic rings. The van der Waals surface area contributed by atoms with Gasteiger partial charge in [-0.15, -0.1) is 10.2 Å². The van der Waals surface area contributed by atoms with E-state index < -0.39 is 0 Å². The van der Waals surface area contributed by atoms with Crippen LogP contribution in [0.4, 0.5) is 11.1 Å². The summed E-state index contributed by atoms with van der Waals surface area (Å²) in [6.45, 7) is 5.64. The number of carbonyl (C=O) groups is 1. The maximum atomic E-state index is 12.7. The lowest BCUT2D eigenvalue weighted by Gasteiger charge is -2.26. The minimum absolute atomic E-state index is 0.274. The van der Waals surface area contributed by atoms with Gasteiger partial charge >= 0.3 is 0 Å². The molecule has 3 heterocycles. The molecule has 1 fully saturated rings. The van der Waals surface area contributed by atoms with Crippen molar-refractivity contribution in [2.75, 3.05) is 23.3 Å². The second-order valence-corrected chi connectivity index (χ2v) is 8.20. The molecule has 8 nitrogen and oxygen atoms in total. The second-order valence-electron chi connectivity index (χ2n) is 7.19. The van der Waals surface area contributed by atoms with E-state index in [2.05, 4.69) is 30.4 Å². The van der Waals surface area contributed by atoms with E-state index in [1.165, 1.54) is 17.8 Å². The molecule has 9 heteroatoms. The molecule has 0 radical (unpaired) electrons. The van der Waals surface area contributed by atoms with E-state index in [-0.39, 0.29) is 12.0 Å². The number of anilines is 2. The molecular weight excluding hydrogens is 400 g/mol. The molecule has 1 amide bonds. The molecule has 156 valence electrons. The molecule has 0 spiro atoms. The third-order valence-electron chi connectivity index (χ3n) is 4.92. The minimum atomic E-state index is -0.294. The summed E-state index contributed by atoms with van der Waals surface area (Å²) in [5.74, 6) is 1.15. The lowest BCUT2D eigenvalue weighted by molar-refractivity contribution is 0.102. The third kappa shape index (κ3) is 4.73. The van der Waals surface area contributed by atoms with Gasteiger partial charge in [0.1, 0.15) is 11.9 Å². The number of ether oxygens (including phenoxy) is 1. The zero-order chi connectivity index (χ0) is 20.9. The molecule has 3 aromatic rings. The molecule has 1 unspecified atom stereocenters. The maximum Gasteiger partial charge on any atom is 0.260 e. The van der Waals surface area contributed by atoms with Crippen LogP contribution < -0.4 is 15.0 Å². The number of aryl methyl sites for hydroxylation is 1. The summed E-state index contributed by atoms with van der Waals surface area (Å²) in [4.78, 5) is 23.8. The largest absolute Gasteiger partial charge is 0.483 e. The normalized spacial score (nSPS) is 14.9. The number of para-hydroxylation sites is 1. The highest BCUT2D eigenvalue weighted by atomic mass is 32.1. The number of hydrogen-bond donors (Lipinski definition) is 1. The highest BCUT2D eigenvalue weighted by Crippen LogP contribution is 2.26.